The quantitative estimate of drug-likeness (QED) is 0.834. The number of nitrogens with zero attached hydrogens (tertiary/aromatic N) is 2. The Kier molecular flexibility index (Phi) is 3.94. The van der Waals surface area contributed by atoms with Crippen molar-refractivity contribution in [2.24, 2.45) is 0 Å². The number of aryl methyl sites for hydroxylation is 1. The number of likely N-dealkylation sites (tertiary alicyclic amines) is 1. The van der Waals surface area contributed by atoms with Crippen molar-refractivity contribution in [3.63, 3.8) is 0 Å². The lowest BCUT2D eigenvalue weighted by Gasteiger charge is -2.37. The summed E-state index contributed by atoms with van der Waals surface area (Å²) >= 11 is 1.43. The third-order valence-electron chi connectivity index (χ3n) is 4.48. The summed E-state index contributed by atoms with van der Waals surface area (Å²) in [5, 5.41) is 2.53. The molecule has 2 aromatic heterocycles. The van der Waals surface area contributed by atoms with Crippen molar-refractivity contribution < 1.29 is 18.7 Å². The molecule has 2 fully saturated rings. The summed E-state index contributed by atoms with van der Waals surface area (Å²) < 4.78 is 17.3. The molecule has 1 spiro atoms. The van der Waals surface area contributed by atoms with Crippen molar-refractivity contribution >= 4 is 17.2 Å². The Bertz CT molecular complexity index is 745. The summed E-state index contributed by atoms with van der Waals surface area (Å²) in [6.45, 7) is 5.78. The van der Waals surface area contributed by atoms with Crippen molar-refractivity contribution in [2.45, 2.75) is 38.6 Å². The highest BCUT2D eigenvalue weighted by molar-refractivity contribution is 7.13. The molecule has 2 aliphatic rings. The van der Waals surface area contributed by atoms with Crippen LogP contribution in [0.3, 0.4) is 0 Å². The zero-order valence-electron chi connectivity index (χ0n) is 13.8. The Hall–Kier alpha value is -1.70. The molecule has 2 saturated heterocycles. The molecule has 0 aliphatic carbocycles. The van der Waals surface area contributed by atoms with Crippen LogP contribution >= 0.6 is 11.3 Å². The van der Waals surface area contributed by atoms with Crippen LogP contribution in [0.2, 0.25) is 0 Å². The molecular weight excluding hydrogens is 328 g/mol. The SMILES string of the molecule is Cc1ccc(-c2nc(C(=O)N3CCC4(CC3)OCC(C)O4)cs2)o1. The topological polar surface area (TPSA) is 64.8 Å². The van der Waals surface area contributed by atoms with Gasteiger partial charge in [-0.3, -0.25) is 4.79 Å². The van der Waals surface area contributed by atoms with Gasteiger partial charge in [-0.25, -0.2) is 4.98 Å². The first-order valence-electron chi connectivity index (χ1n) is 8.18. The zero-order chi connectivity index (χ0) is 16.7. The number of carbonyl (C=O) groups excluding carboxylic acids is 1. The van der Waals surface area contributed by atoms with E-state index in [-0.39, 0.29) is 12.0 Å². The van der Waals surface area contributed by atoms with Crippen molar-refractivity contribution in [1.82, 2.24) is 9.88 Å². The first-order chi connectivity index (χ1) is 11.5. The minimum Gasteiger partial charge on any atom is -0.459 e. The molecule has 2 aromatic rings. The zero-order valence-corrected chi connectivity index (χ0v) is 14.6. The normalized spacial score (nSPS) is 23.1. The Labute approximate surface area is 144 Å². The highest BCUT2D eigenvalue weighted by Crippen LogP contribution is 2.34. The molecular formula is C17H20N2O4S. The Morgan fingerprint density at radius 1 is 1.38 bits per heavy atom. The summed E-state index contributed by atoms with van der Waals surface area (Å²) in [6.07, 6.45) is 1.54. The van der Waals surface area contributed by atoms with Gasteiger partial charge in [0.1, 0.15) is 11.5 Å². The van der Waals surface area contributed by atoms with E-state index in [1.54, 1.807) is 5.38 Å². The Balaban J connectivity index is 1.43. The van der Waals surface area contributed by atoms with Crippen molar-refractivity contribution in [1.29, 1.82) is 0 Å². The molecule has 128 valence electrons. The number of piperidine rings is 1. The van der Waals surface area contributed by atoms with Crippen LogP contribution in [0.25, 0.3) is 10.8 Å². The van der Waals surface area contributed by atoms with Crippen LogP contribution in [0, 0.1) is 6.92 Å². The molecule has 4 heterocycles. The van der Waals surface area contributed by atoms with Gasteiger partial charge in [0.25, 0.3) is 5.91 Å². The van der Waals surface area contributed by atoms with Crippen LogP contribution in [0.1, 0.15) is 36.0 Å². The van der Waals surface area contributed by atoms with E-state index in [1.165, 1.54) is 11.3 Å². The number of amides is 1. The van der Waals surface area contributed by atoms with E-state index in [0.717, 1.165) is 10.8 Å². The summed E-state index contributed by atoms with van der Waals surface area (Å²) in [5.74, 6) is 1.01. The fourth-order valence-corrected chi connectivity index (χ4v) is 3.97. The first-order valence-corrected chi connectivity index (χ1v) is 9.06. The first kappa shape index (κ1) is 15.8. The third kappa shape index (κ3) is 2.87. The predicted octanol–water partition coefficient (Wildman–Crippen LogP) is 3.08. The van der Waals surface area contributed by atoms with Crippen LogP contribution < -0.4 is 0 Å². The standard InChI is InChI=1S/C17H20N2O4S/c1-11-3-4-14(22-11)15-18-13(10-24-15)16(20)19-7-5-17(6-8-19)21-9-12(2)23-17/h3-4,10,12H,5-9H2,1-2H3. The van der Waals surface area contributed by atoms with Crippen LogP contribution in [-0.4, -0.2) is 47.4 Å². The molecule has 0 bridgehead atoms. The monoisotopic (exact) mass is 348 g/mol. The number of rotatable bonds is 2. The van der Waals surface area contributed by atoms with Gasteiger partial charge < -0.3 is 18.8 Å². The number of furan rings is 1. The molecule has 6 nitrogen and oxygen atoms in total. The lowest BCUT2D eigenvalue weighted by molar-refractivity contribution is -0.190. The van der Waals surface area contributed by atoms with E-state index in [4.69, 9.17) is 13.9 Å². The number of ether oxygens (including phenoxy) is 2. The Morgan fingerprint density at radius 2 is 2.17 bits per heavy atom. The van der Waals surface area contributed by atoms with E-state index < -0.39 is 5.79 Å². The maximum absolute atomic E-state index is 12.7. The van der Waals surface area contributed by atoms with Crippen LogP contribution in [-0.2, 0) is 9.47 Å². The summed E-state index contributed by atoms with van der Waals surface area (Å²) in [6, 6.07) is 3.77. The fourth-order valence-electron chi connectivity index (χ4n) is 3.21. The molecule has 7 heteroatoms. The smallest absolute Gasteiger partial charge is 0.273 e. The van der Waals surface area contributed by atoms with Gasteiger partial charge in [-0.1, -0.05) is 0 Å². The van der Waals surface area contributed by atoms with Gasteiger partial charge in [0.05, 0.1) is 12.7 Å². The largest absolute Gasteiger partial charge is 0.459 e. The number of carbonyl (C=O) groups is 1. The molecule has 0 N–H and O–H groups in total. The van der Waals surface area contributed by atoms with Gasteiger partial charge in [0, 0.05) is 31.3 Å². The number of thiazole rings is 1. The summed E-state index contributed by atoms with van der Waals surface area (Å²) in [7, 11) is 0. The van der Waals surface area contributed by atoms with Gasteiger partial charge in [0.2, 0.25) is 0 Å². The second-order valence-electron chi connectivity index (χ2n) is 6.39. The lowest BCUT2D eigenvalue weighted by atomic mass is 10.0. The highest BCUT2D eigenvalue weighted by atomic mass is 32.1. The van der Waals surface area contributed by atoms with Gasteiger partial charge in [0.15, 0.2) is 16.6 Å². The number of hydrogen-bond acceptors (Lipinski definition) is 6. The minimum atomic E-state index is -0.491. The Morgan fingerprint density at radius 3 is 2.79 bits per heavy atom. The van der Waals surface area contributed by atoms with Crippen LogP contribution in [0.15, 0.2) is 21.9 Å². The fraction of sp³-hybridized carbons (Fsp3) is 0.529. The van der Waals surface area contributed by atoms with Crippen LogP contribution in [0.4, 0.5) is 0 Å². The summed E-state index contributed by atoms with van der Waals surface area (Å²) in [5.41, 5.74) is 0.474. The van der Waals surface area contributed by atoms with E-state index in [1.807, 2.05) is 30.9 Å². The minimum absolute atomic E-state index is 0.0401. The molecule has 24 heavy (non-hydrogen) atoms. The molecule has 1 unspecified atom stereocenters. The van der Waals surface area contributed by atoms with Crippen molar-refractivity contribution in [2.75, 3.05) is 19.7 Å². The van der Waals surface area contributed by atoms with E-state index >= 15 is 0 Å². The molecule has 0 aromatic carbocycles. The second-order valence-corrected chi connectivity index (χ2v) is 7.25. The molecule has 4 rings (SSSR count). The molecule has 2 aliphatic heterocycles. The predicted molar refractivity (Wildman–Crippen MR) is 88.9 cm³/mol. The van der Waals surface area contributed by atoms with Gasteiger partial charge in [-0.2, -0.15) is 0 Å². The molecule has 1 amide bonds. The third-order valence-corrected chi connectivity index (χ3v) is 5.34. The highest BCUT2D eigenvalue weighted by Gasteiger charge is 2.43. The molecule has 0 saturated carbocycles. The van der Waals surface area contributed by atoms with Gasteiger partial charge in [-0.15, -0.1) is 11.3 Å². The van der Waals surface area contributed by atoms with Crippen molar-refractivity contribution in [3.05, 3.63) is 29.0 Å². The van der Waals surface area contributed by atoms with E-state index in [2.05, 4.69) is 4.98 Å². The van der Waals surface area contributed by atoms with Gasteiger partial charge >= 0.3 is 0 Å². The van der Waals surface area contributed by atoms with Gasteiger partial charge in [-0.05, 0) is 26.0 Å². The maximum Gasteiger partial charge on any atom is 0.273 e. The molecule has 0 radical (unpaired) electrons. The average Bonchev–Trinajstić information content (AvgIpc) is 3.28. The van der Waals surface area contributed by atoms with Crippen molar-refractivity contribution in [3.8, 4) is 10.8 Å². The second kappa shape index (κ2) is 5.98. The lowest BCUT2D eigenvalue weighted by Crippen LogP contribution is -2.47. The van der Waals surface area contributed by atoms with E-state index in [9.17, 15) is 4.79 Å². The number of hydrogen-bond donors (Lipinski definition) is 0. The average molecular weight is 348 g/mol. The summed E-state index contributed by atoms with van der Waals surface area (Å²) in [4.78, 5) is 18.9. The van der Waals surface area contributed by atoms with E-state index in [0.29, 0.717) is 44.0 Å². The molecule has 1 atom stereocenters. The number of aromatic nitrogens is 1. The maximum atomic E-state index is 12.7. The van der Waals surface area contributed by atoms with Crippen LogP contribution in [0.5, 0.6) is 0 Å².